The molecule has 2 unspecified atom stereocenters. The zero-order valence-electron chi connectivity index (χ0n) is 12.2. The summed E-state index contributed by atoms with van der Waals surface area (Å²) < 4.78 is 5.51. The van der Waals surface area contributed by atoms with E-state index in [9.17, 15) is 10.1 Å². The van der Waals surface area contributed by atoms with Crippen molar-refractivity contribution in [2.45, 2.75) is 19.1 Å². The number of aromatic nitrogens is 1. The quantitative estimate of drug-likeness (QED) is 0.646. The molecule has 2 aromatic rings. The summed E-state index contributed by atoms with van der Waals surface area (Å²) in [5.41, 5.74) is 0.853. The molecule has 0 aliphatic rings. The molecule has 22 heavy (non-hydrogen) atoms. The van der Waals surface area contributed by atoms with Crippen molar-refractivity contribution < 1.29 is 9.66 Å². The van der Waals surface area contributed by atoms with Gasteiger partial charge in [0.15, 0.2) is 0 Å². The van der Waals surface area contributed by atoms with E-state index < -0.39 is 4.92 Å². The maximum Gasteiger partial charge on any atom is 0.311 e. The van der Waals surface area contributed by atoms with Crippen LogP contribution in [0.25, 0.3) is 0 Å². The molecule has 116 valence electrons. The van der Waals surface area contributed by atoms with Crippen LogP contribution in [0.15, 0.2) is 42.6 Å². The Kier molecular flexibility index (Phi) is 5.30. The fraction of sp³-hybridized carbons (Fsp3) is 0.267. The monoisotopic (exact) mass is 321 g/mol. The number of rotatable bonds is 6. The molecule has 0 amide bonds. The Morgan fingerprint density at radius 2 is 2.00 bits per heavy atom. The van der Waals surface area contributed by atoms with Gasteiger partial charge in [0.25, 0.3) is 0 Å². The standard InChI is InChI=1S/C15H16ClN3O3/c1-10(14(22-2)11-5-7-12(16)8-6-11)18-15-13(19(20)21)4-3-9-17-15/h3-10,14H,1-2H3,(H,17,18). The van der Waals surface area contributed by atoms with Crippen LogP contribution in [0.1, 0.15) is 18.6 Å². The molecule has 2 atom stereocenters. The van der Waals surface area contributed by atoms with Crippen molar-refractivity contribution in [2.24, 2.45) is 0 Å². The molecule has 1 N–H and O–H groups in total. The van der Waals surface area contributed by atoms with Crippen molar-refractivity contribution in [1.82, 2.24) is 4.98 Å². The SMILES string of the molecule is COC(c1ccc(Cl)cc1)C(C)Nc1ncccc1[N+](=O)[O-]. The number of nitrogens with zero attached hydrogens (tertiary/aromatic N) is 2. The number of halogens is 1. The summed E-state index contributed by atoms with van der Waals surface area (Å²) in [6, 6.07) is 9.99. The van der Waals surface area contributed by atoms with Gasteiger partial charge in [0.05, 0.1) is 11.0 Å². The lowest BCUT2D eigenvalue weighted by Gasteiger charge is -2.24. The molecule has 1 aromatic carbocycles. The smallest absolute Gasteiger partial charge is 0.311 e. The van der Waals surface area contributed by atoms with Crippen molar-refractivity contribution in [3.63, 3.8) is 0 Å². The number of nitrogens with one attached hydrogen (secondary N) is 1. The third-order valence-electron chi connectivity index (χ3n) is 3.25. The van der Waals surface area contributed by atoms with E-state index in [0.717, 1.165) is 5.56 Å². The average molecular weight is 322 g/mol. The van der Waals surface area contributed by atoms with Crippen molar-refractivity contribution in [1.29, 1.82) is 0 Å². The third kappa shape index (κ3) is 3.72. The molecule has 0 bridgehead atoms. The summed E-state index contributed by atoms with van der Waals surface area (Å²) >= 11 is 5.88. The van der Waals surface area contributed by atoms with Crippen molar-refractivity contribution in [3.8, 4) is 0 Å². The first-order chi connectivity index (χ1) is 10.5. The predicted molar refractivity (Wildman–Crippen MR) is 85.2 cm³/mol. The minimum absolute atomic E-state index is 0.0692. The first-order valence-electron chi connectivity index (χ1n) is 6.67. The van der Waals surface area contributed by atoms with E-state index in [1.165, 1.54) is 18.3 Å². The Bertz CT molecular complexity index is 649. The maximum absolute atomic E-state index is 11.0. The summed E-state index contributed by atoms with van der Waals surface area (Å²) in [7, 11) is 1.59. The Hall–Kier alpha value is -2.18. The van der Waals surface area contributed by atoms with Gasteiger partial charge >= 0.3 is 5.69 Å². The zero-order valence-corrected chi connectivity index (χ0v) is 12.9. The molecule has 0 fully saturated rings. The number of methoxy groups -OCH3 is 1. The molecular weight excluding hydrogens is 306 g/mol. The van der Waals surface area contributed by atoms with Gasteiger partial charge in [-0.05, 0) is 30.7 Å². The topological polar surface area (TPSA) is 77.3 Å². The van der Waals surface area contributed by atoms with Gasteiger partial charge < -0.3 is 10.1 Å². The summed E-state index contributed by atoms with van der Waals surface area (Å²) in [5.74, 6) is 0.219. The molecule has 0 aliphatic carbocycles. The number of hydrogen-bond acceptors (Lipinski definition) is 5. The molecule has 1 heterocycles. The molecule has 1 aromatic heterocycles. The van der Waals surface area contributed by atoms with E-state index in [0.29, 0.717) is 5.02 Å². The van der Waals surface area contributed by atoms with Crippen LogP contribution < -0.4 is 5.32 Å². The number of nitro groups is 1. The highest BCUT2D eigenvalue weighted by Gasteiger charge is 2.22. The van der Waals surface area contributed by atoms with Crippen LogP contribution >= 0.6 is 11.6 Å². The summed E-state index contributed by atoms with van der Waals surface area (Å²) in [5, 5.41) is 14.7. The number of benzene rings is 1. The molecular formula is C15H16ClN3O3. The maximum atomic E-state index is 11.0. The van der Waals surface area contributed by atoms with Crippen molar-refractivity contribution in [2.75, 3.05) is 12.4 Å². The molecule has 7 heteroatoms. The molecule has 0 saturated carbocycles. The first-order valence-corrected chi connectivity index (χ1v) is 7.05. The predicted octanol–water partition coefficient (Wildman–Crippen LogP) is 3.83. The second kappa shape index (κ2) is 7.20. The fourth-order valence-electron chi connectivity index (χ4n) is 2.23. The van der Waals surface area contributed by atoms with Crippen LogP contribution in [0, 0.1) is 10.1 Å². The highest BCUT2D eigenvalue weighted by molar-refractivity contribution is 6.30. The van der Waals surface area contributed by atoms with E-state index in [2.05, 4.69) is 10.3 Å². The van der Waals surface area contributed by atoms with Crippen molar-refractivity contribution in [3.05, 3.63) is 63.3 Å². The lowest BCUT2D eigenvalue weighted by molar-refractivity contribution is -0.384. The van der Waals surface area contributed by atoms with Gasteiger partial charge in [-0.2, -0.15) is 0 Å². The second-order valence-electron chi connectivity index (χ2n) is 4.77. The summed E-state index contributed by atoms with van der Waals surface area (Å²) in [4.78, 5) is 14.6. The average Bonchev–Trinajstić information content (AvgIpc) is 2.50. The molecule has 0 saturated heterocycles. The summed E-state index contributed by atoms with van der Waals surface area (Å²) in [6.45, 7) is 1.88. The lowest BCUT2D eigenvalue weighted by atomic mass is 10.0. The Morgan fingerprint density at radius 1 is 1.32 bits per heavy atom. The normalized spacial score (nSPS) is 13.4. The van der Waals surface area contributed by atoms with Gasteiger partial charge in [-0.15, -0.1) is 0 Å². The summed E-state index contributed by atoms with van der Waals surface area (Å²) in [6.07, 6.45) is 1.21. The minimum Gasteiger partial charge on any atom is -0.375 e. The lowest BCUT2D eigenvalue weighted by Crippen LogP contribution is -2.26. The Morgan fingerprint density at radius 3 is 2.59 bits per heavy atom. The van der Waals surface area contributed by atoms with Crippen LogP contribution in [-0.2, 0) is 4.74 Å². The van der Waals surface area contributed by atoms with Gasteiger partial charge in [0.1, 0.15) is 6.10 Å². The highest BCUT2D eigenvalue weighted by Crippen LogP contribution is 2.27. The van der Waals surface area contributed by atoms with Crippen LogP contribution in [0.3, 0.4) is 0 Å². The number of anilines is 1. The van der Waals surface area contributed by atoms with E-state index in [1.54, 1.807) is 19.2 Å². The third-order valence-corrected chi connectivity index (χ3v) is 3.51. The first kappa shape index (κ1) is 16.2. The zero-order chi connectivity index (χ0) is 16.1. The van der Waals surface area contributed by atoms with Gasteiger partial charge in [-0.3, -0.25) is 10.1 Å². The molecule has 0 radical (unpaired) electrons. The molecule has 0 aliphatic heterocycles. The van der Waals surface area contributed by atoms with E-state index >= 15 is 0 Å². The Labute approximate surface area is 133 Å². The molecule has 0 spiro atoms. The number of ether oxygens (including phenoxy) is 1. The van der Waals surface area contributed by atoms with Crippen LogP contribution in [0.5, 0.6) is 0 Å². The molecule has 2 rings (SSSR count). The molecule has 6 nitrogen and oxygen atoms in total. The van der Waals surface area contributed by atoms with Gasteiger partial charge in [0.2, 0.25) is 5.82 Å². The van der Waals surface area contributed by atoms with Gasteiger partial charge in [0, 0.05) is 24.4 Å². The minimum atomic E-state index is -0.466. The Balaban J connectivity index is 2.21. The van der Waals surface area contributed by atoms with E-state index in [-0.39, 0.29) is 23.7 Å². The number of hydrogen-bond donors (Lipinski definition) is 1. The second-order valence-corrected chi connectivity index (χ2v) is 5.21. The van der Waals surface area contributed by atoms with Crippen LogP contribution in [-0.4, -0.2) is 23.1 Å². The largest absolute Gasteiger partial charge is 0.375 e. The van der Waals surface area contributed by atoms with Crippen molar-refractivity contribution >= 4 is 23.1 Å². The fourth-order valence-corrected chi connectivity index (χ4v) is 2.35. The van der Waals surface area contributed by atoms with E-state index in [4.69, 9.17) is 16.3 Å². The van der Waals surface area contributed by atoms with E-state index in [1.807, 2.05) is 19.1 Å². The van der Waals surface area contributed by atoms with Crippen LogP contribution in [0.2, 0.25) is 5.02 Å². The van der Waals surface area contributed by atoms with Crippen LogP contribution in [0.4, 0.5) is 11.5 Å². The van der Waals surface area contributed by atoms with Gasteiger partial charge in [-0.25, -0.2) is 4.98 Å². The highest BCUT2D eigenvalue weighted by atomic mass is 35.5. The van der Waals surface area contributed by atoms with Gasteiger partial charge in [-0.1, -0.05) is 23.7 Å². The number of pyridine rings is 1.